The molecule has 0 unspecified atom stereocenters. The second kappa shape index (κ2) is 5.55. The van der Waals surface area contributed by atoms with Gasteiger partial charge in [-0.25, -0.2) is 0 Å². The van der Waals surface area contributed by atoms with Gasteiger partial charge in [-0.3, -0.25) is 0 Å². The first kappa shape index (κ1) is 10.0. The summed E-state index contributed by atoms with van der Waals surface area (Å²) in [6, 6.07) is 0. The van der Waals surface area contributed by atoms with Crippen LogP contribution in [0.1, 0.15) is 25.7 Å². The minimum Gasteiger partial charge on any atom is -0.316 e. The highest BCUT2D eigenvalue weighted by atomic mass is 15.0. The molecule has 0 spiro atoms. The van der Waals surface area contributed by atoms with Gasteiger partial charge in [0.2, 0.25) is 0 Å². The van der Waals surface area contributed by atoms with Crippen molar-refractivity contribution in [1.29, 1.82) is 0 Å². The molecule has 1 aliphatic carbocycles. The van der Waals surface area contributed by atoms with Crippen molar-refractivity contribution in [2.75, 3.05) is 33.7 Å². The molecule has 2 heteroatoms. The highest BCUT2D eigenvalue weighted by Gasteiger charge is 2.19. The lowest BCUT2D eigenvalue weighted by atomic mass is 10.3. The minimum atomic E-state index is 1.03. The van der Waals surface area contributed by atoms with E-state index in [1.807, 2.05) is 0 Å². The zero-order valence-electron chi connectivity index (χ0n) is 8.47. The summed E-state index contributed by atoms with van der Waals surface area (Å²) in [7, 11) is 4.27. The summed E-state index contributed by atoms with van der Waals surface area (Å²) in [6.07, 6.45) is 5.57. The second-order valence-electron chi connectivity index (χ2n) is 4.16. The van der Waals surface area contributed by atoms with E-state index < -0.39 is 0 Å². The smallest absolute Gasteiger partial charge is 0.00205 e. The number of hydrogen-bond donors (Lipinski definition) is 1. The van der Waals surface area contributed by atoms with Gasteiger partial charge in [0.25, 0.3) is 0 Å². The maximum atomic E-state index is 3.50. The van der Waals surface area contributed by atoms with Crippen LogP contribution in [-0.4, -0.2) is 38.6 Å². The number of rotatable bonds is 7. The van der Waals surface area contributed by atoms with E-state index in [4.69, 9.17) is 0 Å². The number of nitrogens with one attached hydrogen (secondary N) is 1. The molecule has 0 saturated heterocycles. The van der Waals surface area contributed by atoms with Crippen LogP contribution in [0.4, 0.5) is 0 Å². The summed E-state index contributed by atoms with van der Waals surface area (Å²) in [4.78, 5) is 2.25. The van der Waals surface area contributed by atoms with E-state index in [2.05, 4.69) is 24.3 Å². The van der Waals surface area contributed by atoms with E-state index in [1.54, 1.807) is 0 Å². The SMILES string of the molecule is CN(C)CCCCNCC1CC1. The van der Waals surface area contributed by atoms with Crippen molar-refractivity contribution in [3.05, 3.63) is 0 Å². The Hall–Kier alpha value is -0.0800. The molecule has 0 aromatic heterocycles. The lowest BCUT2D eigenvalue weighted by Gasteiger charge is -2.08. The van der Waals surface area contributed by atoms with Crippen LogP contribution in [-0.2, 0) is 0 Å². The lowest BCUT2D eigenvalue weighted by Crippen LogP contribution is -2.20. The van der Waals surface area contributed by atoms with Gasteiger partial charge in [-0.05, 0) is 65.3 Å². The molecule has 12 heavy (non-hydrogen) atoms. The molecule has 72 valence electrons. The van der Waals surface area contributed by atoms with Crippen LogP contribution in [0.3, 0.4) is 0 Å². The second-order valence-corrected chi connectivity index (χ2v) is 4.16. The Balaban J connectivity index is 1.70. The predicted molar refractivity (Wildman–Crippen MR) is 53.4 cm³/mol. The van der Waals surface area contributed by atoms with E-state index in [1.165, 1.54) is 45.3 Å². The molecule has 0 radical (unpaired) electrons. The third kappa shape index (κ3) is 5.56. The van der Waals surface area contributed by atoms with Gasteiger partial charge in [-0.2, -0.15) is 0 Å². The number of nitrogens with zero attached hydrogens (tertiary/aromatic N) is 1. The Morgan fingerprint density at radius 3 is 2.58 bits per heavy atom. The summed E-state index contributed by atoms with van der Waals surface area (Å²) in [5, 5.41) is 3.50. The van der Waals surface area contributed by atoms with E-state index in [0.29, 0.717) is 0 Å². The molecular formula is C10H22N2. The fourth-order valence-corrected chi connectivity index (χ4v) is 1.31. The Labute approximate surface area is 76.3 Å². The molecule has 2 nitrogen and oxygen atoms in total. The van der Waals surface area contributed by atoms with Crippen LogP contribution in [0, 0.1) is 5.92 Å². The quantitative estimate of drug-likeness (QED) is 0.580. The van der Waals surface area contributed by atoms with Crippen LogP contribution in [0.25, 0.3) is 0 Å². The van der Waals surface area contributed by atoms with Gasteiger partial charge in [-0.15, -0.1) is 0 Å². The maximum Gasteiger partial charge on any atom is -0.00205 e. The summed E-state index contributed by atoms with van der Waals surface area (Å²) >= 11 is 0. The van der Waals surface area contributed by atoms with Crippen molar-refractivity contribution >= 4 is 0 Å². The van der Waals surface area contributed by atoms with Crippen molar-refractivity contribution < 1.29 is 0 Å². The molecule has 0 atom stereocenters. The van der Waals surface area contributed by atoms with Gasteiger partial charge in [0.1, 0.15) is 0 Å². The molecule has 1 aliphatic rings. The van der Waals surface area contributed by atoms with E-state index >= 15 is 0 Å². The van der Waals surface area contributed by atoms with Gasteiger partial charge in [0.05, 0.1) is 0 Å². The topological polar surface area (TPSA) is 15.3 Å². The molecule has 0 heterocycles. The van der Waals surface area contributed by atoms with Crippen LogP contribution in [0.2, 0.25) is 0 Å². The van der Waals surface area contributed by atoms with E-state index in [0.717, 1.165) is 5.92 Å². The summed E-state index contributed by atoms with van der Waals surface area (Å²) < 4.78 is 0. The van der Waals surface area contributed by atoms with Crippen molar-refractivity contribution in [2.24, 2.45) is 5.92 Å². The lowest BCUT2D eigenvalue weighted by molar-refractivity contribution is 0.391. The molecular weight excluding hydrogens is 148 g/mol. The van der Waals surface area contributed by atoms with Gasteiger partial charge in [-0.1, -0.05) is 0 Å². The summed E-state index contributed by atoms with van der Waals surface area (Å²) in [5.41, 5.74) is 0. The van der Waals surface area contributed by atoms with Crippen molar-refractivity contribution in [1.82, 2.24) is 10.2 Å². The van der Waals surface area contributed by atoms with Gasteiger partial charge in [0, 0.05) is 0 Å². The third-order valence-electron chi connectivity index (χ3n) is 2.34. The zero-order valence-corrected chi connectivity index (χ0v) is 8.47. The molecule has 1 N–H and O–H groups in total. The monoisotopic (exact) mass is 170 g/mol. The predicted octanol–water partition coefficient (Wildman–Crippen LogP) is 1.33. The first-order valence-corrected chi connectivity index (χ1v) is 5.14. The number of unbranched alkanes of at least 4 members (excludes halogenated alkanes) is 1. The van der Waals surface area contributed by atoms with E-state index in [9.17, 15) is 0 Å². The highest BCUT2D eigenvalue weighted by molar-refractivity contribution is 4.74. The van der Waals surface area contributed by atoms with Crippen LogP contribution < -0.4 is 5.32 Å². The van der Waals surface area contributed by atoms with Crippen molar-refractivity contribution in [2.45, 2.75) is 25.7 Å². The normalized spacial score (nSPS) is 17.2. The molecule has 0 bridgehead atoms. The van der Waals surface area contributed by atoms with Gasteiger partial charge in [0.15, 0.2) is 0 Å². The molecule has 0 aliphatic heterocycles. The Kier molecular flexibility index (Phi) is 4.62. The molecule has 0 aromatic rings. The average molecular weight is 170 g/mol. The van der Waals surface area contributed by atoms with Crippen LogP contribution in [0.5, 0.6) is 0 Å². The van der Waals surface area contributed by atoms with Gasteiger partial charge < -0.3 is 10.2 Å². The zero-order chi connectivity index (χ0) is 8.81. The maximum absolute atomic E-state index is 3.50. The number of hydrogen-bond acceptors (Lipinski definition) is 2. The first-order chi connectivity index (χ1) is 5.79. The van der Waals surface area contributed by atoms with Crippen LogP contribution >= 0.6 is 0 Å². The Morgan fingerprint density at radius 2 is 2.00 bits per heavy atom. The Morgan fingerprint density at radius 1 is 1.25 bits per heavy atom. The van der Waals surface area contributed by atoms with Gasteiger partial charge >= 0.3 is 0 Å². The first-order valence-electron chi connectivity index (χ1n) is 5.14. The summed E-state index contributed by atoms with van der Waals surface area (Å²) in [5.74, 6) is 1.03. The highest BCUT2D eigenvalue weighted by Crippen LogP contribution is 2.27. The van der Waals surface area contributed by atoms with E-state index in [-0.39, 0.29) is 0 Å². The summed E-state index contributed by atoms with van der Waals surface area (Å²) in [6.45, 7) is 3.71. The largest absolute Gasteiger partial charge is 0.316 e. The average Bonchev–Trinajstić information content (AvgIpc) is 2.79. The molecule has 1 fully saturated rings. The fourth-order valence-electron chi connectivity index (χ4n) is 1.31. The molecule has 1 rings (SSSR count). The van der Waals surface area contributed by atoms with Crippen molar-refractivity contribution in [3.8, 4) is 0 Å². The minimum absolute atomic E-state index is 1.03. The third-order valence-corrected chi connectivity index (χ3v) is 2.34. The van der Waals surface area contributed by atoms with Crippen molar-refractivity contribution in [3.63, 3.8) is 0 Å². The standard InChI is InChI=1S/C10H22N2/c1-12(2)8-4-3-7-11-9-10-5-6-10/h10-11H,3-9H2,1-2H3. The Bertz CT molecular complexity index is 102. The fraction of sp³-hybridized carbons (Fsp3) is 1.00. The van der Waals surface area contributed by atoms with Crippen LogP contribution in [0.15, 0.2) is 0 Å². The molecule has 1 saturated carbocycles. The molecule has 0 amide bonds. The molecule has 0 aromatic carbocycles.